The Bertz CT molecular complexity index is 773. The first-order chi connectivity index (χ1) is 14.0. The molecule has 29 heavy (non-hydrogen) atoms. The molecule has 0 atom stereocenters. The lowest BCUT2D eigenvalue weighted by molar-refractivity contribution is 0.153. The number of nitrogens with one attached hydrogen (secondary N) is 1. The molecule has 0 aromatic heterocycles. The van der Waals surface area contributed by atoms with E-state index in [0.717, 1.165) is 44.0 Å². The lowest BCUT2D eigenvalue weighted by Crippen LogP contribution is -2.49. The minimum atomic E-state index is 0.639. The van der Waals surface area contributed by atoms with E-state index in [1.807, 2.05) is 12.1 Å². The van der Waals surface area contributed by atoms with Crippen molar-refractivity contribution < 1.29 is 8.58 Å². The predicted octanol–water partition coefficient (Wildman–Crippen LogP) is 4.94. The first-order valence-corrected chi connectivity index (χ1v) is 10.3. The highest BCUT2D eigenvalue weighted by molar-refractivity contribution is 6.24. The lowest BCUT2D eigenvalue weighted by atomic mass is 10.1. The standard InChI is InChI=1S/C22H29N3O.Cl2O/c1-17-6-4-9-20(16-17)22(23)25-12-10-24(11-13-25)14-15-26-21-18(2)7-5-8-19(21)3;1-3-2/h4-9,16,23H,10-15H2,1-3H3;. The Morgan fingerprint density at radius 1 is 0.966 bits per heavy atom. The molecular formula is C22H29Cl2N3O2. The molecule has 0 aliphatic carbocycles. The van der Waals surface area contributed by atoms with E-state index in [1.54, 1.807) is 0 Å². The average Bonchev–Trinajstić information content (AvgIpc) is 2.71. The SMILES string of the molecule is Cc1cccc(C(=N)N2CCN(CCOc3c(C)cccc3C)CC2)c1.ClOCl. The number of hydrogen-bond donors (Lipinski definition) is 1. The molecule has 0 bridgehead atoms. The van der Waals surface area contributed by atoms with E-state index in [1.165, 1.54) is 16.7 Å². The summed E-state index contributed by atoms with van der Waals surface area (Å²) >= 11 is 8.53. The monoisotopic (exact) mass is 437 g/mol. The molecule has 1 fully saturated rings. The van der Waals surface area contributed by atoms with Gasteiger partial charge >= 0.3 is 0 Å². The van der Waals surface area contributed by atoms with E-state index in [2.05, 4.69) is 88.5 Å². The number of para-hydroxylation sites is 1. The zero-order valence-electron chi connectivity index (χ0n) is 17.3. The van der Waals surface area contributed by atoms with Crippen LogP contribution in [0.15, 0.2) is 42.5 Å². The fourth-order valence-electron chi connectivity index (χ4n) is 3.47. The van der Waals surface area contributed by atoms with Crippen molar-refractivity contribution in [3.63, 3.8) is 0 Å². The third-order valence-electron chi connectivity index (χ3n) is 5.04. The summed E-state index contributed by atoms with van der Waals surface area (Å²) in [6.07, 6.45) is 0. The van der Waals surface area contributed by atoms with Crippen molar-refractivity contribution in [2.75, 3.05) is 39.3 Å². The lowest BCUT2D eigenvalue weighted by Gasteiger charge is -2.36. The molecule has 1 heterocycles. The average molecular weight is 438 g/mol. The van der Waals surface area contributed by atoms with Crippen LogP contribution in [0.5, 0.6) is 5.75 Å². The maximum Gasteiger partial charge on any atom is 0.128 e. The summed E-state index contributed by atoms with van der Waals surface area (Å²) in [5.41, 5.74) is 4.61. The number of piperazine rings is 1. The molecule has 1 aliphatic heterocycles. The summed E-state index contributed by atoms with van der Waals surface area (Å²) in [4.78, 5) is 4.60. The van der Waals surface area contributed by atoms with Gasteiger partial charge in [0.25, 0.3) is 0 Å². The number of halogens is 2. The van der Waals surface area contributed by atoms with Gasteiger partial charge in [-0.25, -0.2) is 0 Å². The van der Waals surface area contributed by atoms with Crippen LogP contribution >= 0.6 is 23.7 Å². The van der Waals surface area contributed by atoms with Crippen molar-refractivity contribution in [1.29, 1.82) is 5.41 Å². The second kappa shape index (κ2) is 12.0. The second-order valence-corrected chi connectivity index (χ2v) is 7.64. The number of rotatable bonds is 5. The molecule has 3 rings (SSSR count). The topological polar surface area (TPSA) is 48.8 Å². The van der Waals surface area contributed by atoms with Gasteiger partial charge in [0.05, 0.1) is 23.7 Å². The van der Waals surface area contributed by atoms with E-state index in [-0.39, 0.29) is 0 Å². The van der Waals surface area contributed by atoms with Gasteiger partial charge in [0.15, 0.2) is 0 Å². The Balaban J connectivity index is 0.000000941. The van der Waals surface area contributed by atoms with Crippen LogP contribution in [-0.2, 0) is 3.84 Å². The number of ether oxygens (including phenoxy) is 1. The fourth-order valence-corrected chi connectivity index (χ4v) is 3.47. The summed E-state index contributed by atoms with van der Waals surface area (Å²) in [5, 5.41) is 8.47. The quantitative estimate of drug-likeness (QED) is 0.531. The highest BCUT2D eigenvalue weighted by atomic mass is 35.6. The largest absolute Gasteiger partial charge is 0.492 e. The minimum absolute atomic E-state index is 0.639. The Labute approximate surface area is 184 Å². The maximum absolute atomic E-state index is 8.47. The second-order valence-electron chi connectivity index (χ2n) is 7.17. The fraction of sp³-hybridized carbons (Fsp3) is 0.409. The van der Waals surface area contributed by atoms with E-state index in [9.17, 15) is 0 Å². The normalized spacial score (nSPS) is 14.2. The summed E-state index contributed by atoms with van der Waals surface area (Å²) < 4.78 is 9.22. The van der Waals surface area contributed by atoms with Crippen molar-refractivity contribution in [2.24, 2.45) is 0 Å². The molecule has 1 saturated heterocycles. The van der Waals surface area contributed by atoms with Gasteiger partial charge in [0.1, 0.15) is 18.2 Å². The van der Waals surface area contributed by atoms with Gasteiger partial charge in [-0.2, -0.15) is 3.84 Å². The van der Waals surface area contributed by atoms with Crippen molar-refractivity contribution in [2.45, 2.75) is 20.8 Å². The maximum atomic E-state index is 8.47. The molecule has 5 nitrogen and oxygen atoms in total. The summed E-state index contributed by atoms with van der Waals surface area (Å²) in [7, 11) is 0. The Morgan fingerprint density at radius 3 is 2.14 bits per heavy atom. The van der Waals surface area contributed by atoms with Gasteiger partial charge in [-0.1, -0.05) is 42.0 Å². The molecule has 0 amide bonds. The van der Waals surface area contributed by atoms with Crippen LogP contribution in [0.25, 0.3) is 0 Å². The van der Waals surface area contributed by atoms with Crippen LogP contribution in [0, 0.1) is 26.2 Å². The minimum Gasteiger partial charge on any atom is -0.492 e. The molecule has 158 valence electrons. The van der Waals surface area contributed by atoms with E-state index >= 15 is 0 Å². The van der Waals surface area contributed by atoms with E-state index < -0.39 is 0 Å². The van der Waals surface area contributed by atoms with Gasteiger partial charge in [0.2, 0.25) is 0 Å². The molecular weight excluding hydrogens is 409 g/mol. The predicted molar refractivity (Wildman–Crippen MR) is 120 cm³/mol. The molecule has 0 spiro atoms. The number of hydrogen-bond acceptors (Lipinski definition) is 4. The van der Waals surface area contributed by atoms with Gasteiger partial charge in [-0.3, -0.25) is 10.3 Å². The van der Waals surface area contributed by atoms with Gasteiger partial charge < -0.3 is 9.64 Å². The van der Waals surface area contributed by atoms with Crippen LogP contribution in [0.1, 0.15) is 22.3 Å². The van der Waals surface area contributed by atoms with Gasteiger partial charge in [-0.05, 0) is 38.0 Å². The summed E-state index contributed by atoms with van der Waals surface area (Å²) in [5.74, 6) is 1.66. The zero-order chi connectivity index (χ0) is 21.2. The Kier molecular flexibility index (Phi) is 9.74. The molecule has 2 aromatic rings. The van der Waals surface area contributed by atoms with Crippen LogP contribution in [0.3, 0.4) is 0 Å². The molecule has 0 unspecified atom stereocenters. The van der Waals surface area contributed by atoms with E-state index in [4.69, 9.17) is 10.1 Å². The molecule has 1 N–H and O–H groups in total. The van der Waals surface area contributed by atoms with Crippen molar-refractivity contribution in [1.82, 2.24) is 9.80 Å². The van der Waals surface area contributed by atoms with Crippen LogP contribution in [0.2, 0.25) is 0 Å². The molecule has 0 saturated carbocycles. The van der Waals surface area contributed by atoms with Crippen LogP contribution in [0.4, 0.5) is 0 Å². The number of nitrogens with zero attached hydrogens (tertiary/aromatic N) is 2. The van der Waals surface area contributed by atoms with Crippen molar-refractivity contribution in [3.8, 4) is 5.75 Å². The Hall–Kier alpha value is -1.79. The molecule has 2 aromatic carbocycles. The summed E-state index contributed by atoms with van der Waals surface area (Å²) in [6, 6.07) is 14.5. The van der Waals surface area contributed by atoms with E-state index in [0.29, 0.717) is 12.4 Å². The smallest absolute Gasteiger partial charge is 0.128 e. The highest BCUT2D eigenvalue weighted by Crippen LogP contribution is 2.22. The third-order valence-corrected chi connectivity index (χ3v) is 5.04. The molecule has 7 heteroatoms. The van der Waals surface area contributed by atoms with Crippen molar-refractivity contribution in [3.05, 3.63) is 64.7 Å². The molecule has 1 aliphatic rings. The van der Waals surface area contributed by atoms with Gasteiger partial charge in [-0.15, -0.1) is 0 Å². The summed E-state index contributed by atoms with van der Waals surface area (Å²) in [6.45, 7) is 11.7. The van der Waals surface area contributed by atoms with Crippen molar-refractivity contribution >= 4 is 29.6 Å². The first kappa shape index (κ1) is 23.5. The zero-order valence-corrected chi connectivity index (χ0v) is 18.8. The number of amidine groups is 1. The number of aryl methyl sites for hydroxylation is 3. The van der Waals surface area contributed by atoms with Crippen LogP contribution in [-0.4, -0.2) is 55.0 Å². The highest BCUT2D eigenvalue weighted by Gasteiger charge is 2.19. The van der Waals surface area contributed by atoms with Gasteiger partial charge in [0, 0.05) is 38.3 Å². The van der Waals surface area contributed by atoms with Crippen LogP contribution < -0.4 is 4.74 Å². The third kappa shape index (κ3) is 7.19. The number of benzene rings is 2. The Morgan fingerprint density at radius 2 is 1.55 bits per heavy atom. The first-order valence-electron chi connectivity index (χ1n) is 9.67. The molecule has 0 radical (unpaired) electrons.